The first-order valence-corrected chi connectivity index (χ1v) is 29.6. The summed E-state index contributed by atoms with van der Waals surface area (Å²) in [5, 5.41) is 8.27. The van der Waals surface area contributed by atoms with E-state index in [9.17, 15) is 32.4 Å². The maximum Gasteiger partial charge on any atom is 0.278 e. The second kappa shape index (κ2) is 28.7. The number of hydrogen-bond acceptors (Lipinski definition) is 19. The van der Waals surface area contributed by atoms with E-state index in [4.69, 9.17) is 32.4 Å². The zero-order chi connectivity index (χ0) is 63.0. The molecule has 0 aliphatic carbocycles. The molecule has 2 saturated heterocycles. The number of carbonyl (C=O) groups is 5. The van der Waals surface area contributed by atoms with Gasteiger partial charge in [-0.3, -0.25) is 28.7 Å². The minimum atomic E-state index is -3.41. The van der Waals surface area contributed by atoms with E-state index in [1.54, 1.807) is 120 Å². The van der Waals surface area contributed by atoms with Crippen LogP contribution in [0.5, 0.6) is 5.75 Å². The minimum Gasteiger partial charge on any atom is -0.495 e. The Labute approximate surface area is 523 Å². The lowest BCUT2D eigenvalue weighted by atomic mass is 10.1. The number of morpholine rings is 1. The number of amides is 5. The molecule has 0 bridgehead atoms. The van der Waals surface area contributed by atoms with Crippen LogP contribution in [-0.4, -0.2) is 126 Å². The summed E-state index contributed by atoms with van der Waals surface area (Å²) in [5.41, 5.74) is 30.2. The summed E-state index contributed by atoms with van der Waals surface area (Å²) in [4.78, 5) is 91.8. The zero-order valence-corrected chi connectivity index (χ0v) is 49.1. The second-order valence-electron chi connectivity index (χ2n) is 20.0. The first-order valence-electron chi connectivity index (χ1n) is 27.7. The van der Waals surface area contributed by atoms with Gasteiger partial charge in [0.25, 0.3) is 23.6 Å². The van der Waals surface area contributed by atoms with Crippen molar-refractivity contribution in [3.8, 4) is 39.5 Å². The van der Waals surface area contributed by atoms with Crippen LogP contribution in [0, 0.1) is 0 Å². The smallest absolute Gasteiger partial charge is 0.278 e. The van der Waals surface area contributed by atoms with Crippen LogP contribution in [-0.2, 0) is 14.8 Å². The van der Waals surface area contributed by atoms with E-state index in [1.807, 2.05) is 36.4 Å². The van der Waals surface area contributed by atoms with Crippen molar-refractivity contribution in [2.24, 2.45) is 5.73 Å². The van der Waals surface area contributed by atoms with Gasteiger partial charge in [0.1, 0.15) is 5.75 Å². The summed E-state index contributed by atoms with van der Waals surface area (Å²) >= 11 is 0. The molecule has 89 heavy (non-hydrogen) atoms. The van der Waals surface area contributed by atoms with Gasteiger partial charge in [-0.2, -0.15) is 0 Å². The number of aromatic nitrogens is 6. The lowest BCUT2D eigenvalue weighted by Crippen LogP contribution is -2.40. The molecule has 2 fully saturated rings. The number of benzene rings is 6. The Morgan fingerprint density at radius 1 is 0.539 bits per heavy atom. The summed E-state index contributed by atoms with van der Waals surface area (Å²) in [6, 6.07) is 43.9. The number of nitrogens with zero attached hydrogens (tertiary/aromatic N) is 8. The van der Waals surface area contributed by atoms with Gasteiger partial charge in [-0.1, -0.05) is 66.7 Å². The van der Waals surface area contributed by atoms with E-state index in [0.29, 0.717) is 99.7 Å². The van der Waals surface area contributed by atoms with Crippen LogP contribution in [0.15, 0.2) is 170 Å². The van der Waals surface area contributed by atoms with Gasteiger partial charge in [0.2, 0.25) is 15.9 Å². The maximum atomic E-state index is 13.0. The number of para-hydroxylation sites is 3. The number of nitrogen functional groups attached to an aromatic ring is 3. The highest BCUT2D eigenvalue weighted by Crippen LogP contribution is 2.28. The topological polar surface area (TPSA) is 374 Å². The van der Waals surface area contributed by atoms with Crippen LogP contribution >= 0.6 is 0 Å². The van der Waals surface area contributed by atoms with Crippen LogP contribution < -0.4 is 53.2 Å². The van der Waals surface area contributed by atoms with Crippen LogP contribution in [0.3, 0.4) is 0 Å². The average molecular weight is 1240 g/mol. The van der Waals surface area contributed by atoms with Gasteiger partial charge in [-0.25, -0.2) is 38.3 Å². The fourth-order valence-electron chi connectivity index (χ4n) is 9.22. The number of nitrogens with one attached hydrogen (secondary N) is 4. The quantitative estimate of drug-likeness (QED) is 0.0473. The Kier molecular flexibility index (Phi) is 20.0. The van der Waals surface area contributed by atoms with E-state index in [-0.39, 0.29) is 51.9 Å². The predicted octanol–water partition coefficient (Wildman–Crippen LogP) is 9.45. The molecule has 6 aromatic carbocycles. The average Bonchev–Trinajstić information content (AvgIpc) is 1.07. The molecule has 26 heteroatoms. The Hall–Kier alpha value is -11.4. The van der Waals surface area contributed by atoms with Crippen molar-refractivity contribution < 1.29 is 53.3 Å². The standard InChI is InChI=1S/C26H28N6O3.C19H17N5O3.C18H17N5O3S.8H2/c27-24-23(25(33)29-20-6-8-21(9-7-20)31-10-1-2-11-31)30-22(17-28-24)18-4-3-5-19(16-18)26(34)32-12-14-35-15-13-32;1-27-15-8-3-2-7-13(15)24-19(26)16-17(20)22-10-14(23-16)11-5-4-6-12(9-11)18(21)25;1-27(25,26)23-14-9-5-6-12(10-14)15-11-20-17(19)16(22-15)18(24)21-13-7-3-2-4-8-13;;;;;;;;/h3-9,16-17H,1-2,10-15H2,(H2,27,28)(H,29,33);2-10H,1H3,(H2,20,22)(H2,21,25)(H,24,26);2-11,23H,1H3,(H2,19,20)(H,21,24);8*1H. The number of anilines is 8. The molecule has 2 aliphatic heterocycles. The van der Waals surface area contributed by atoms with Gasteiger partial charge in [0.15, 0.2) is 34.5 Å². The van der Waals surface area contributed by atoms with Crippen LogP contribution in [0.1, 0.15) is 76.4 Å². The molecule has 11 rings (SSSR count). The van der Waals surface area contributed by atoms with Crippen molar-refractivity contribution in [3.05, 3.63) is 198 Å². The van der Waals surface area contributed by atoms with Gasteiger partial charge in [-0.15, -0.1) is 0 Å². The van der Waals surface area contributed by atoms with Gasteiger partial charge in [-0.05, 0) is 97.8 Å². The Bertz CT molecular complexity index is 4210. The summed E-state index contributed by atoms with van der Waals surface area (Å²) in [7, 11) is -1.90. The molecule has 470 valence electrons. The van der Waals surface area contributed by atoms with E-state index in [2.05, 4.69) is 55.5 Å². The molecule has 3 aromatic heterocycles. The summed E-state index contributed by atoms with van der Waals surface area (Å²) in [6.45, 7) is 4.32. The highest BCUT2D eigenvalue weighted by atomic mass is 32.2. The van der Waals surface area contributed by atoms with Gasteiger partial charge in [0.05, 0.1) is 67.9 Å². The maximum absolute atomic E-state index is 13.0. The molecule has 5 amide bonds. The third-order valence-corrected chi connectivity index (χ3v) is 14.2. The zero-order valence-electron chi connectivity index (χ0n) is 48.3. The van der Waals surface area contributed by atoms with Gasteiger partial charge >= 0.3 is 0 Å². The highest BCUT2D eigenvalue weighted by molar-refractivity contribution is 7.92. The van der Waals surface area contributed by atoms with Gasteiger partial charge < -0.3 is 58.2 Å². The summed E-state index contributed by atoms with van der Waals surface area (Å²) < 4.78 is 35.7. The van der Waals surface area contributed by atoms with E-state index >= 15 is 0 Å². The van der Waals surface area contributed by atoms with Crippen LogP contribution in [0.4, 0.5) is 45.9 Å². The second-order valence-corrected chi connectivity index (χ2v) is 21.8. The van der Waals surface area contributed by atoms with E-state index < -0.39 is 33.7 Å². The molecular formula is C63H78N16O9S. The molecule has 9 aromatic rings. The number of hydrogen-bond donors (Lipinski definition) is 8. The molecule has 12 N–H and O–H groups in total. The lowest BCUT2D eigenvalue weighted by Gasteiger charge is -2.27. The van der Waals surface area contributed by atoms with Crippen molar-refractivity contribution in [2.45, 2.75) is 12.8 Å². The number of sulfonamides is 1. The molecule has 2 aliphatic rings. The Morgan fingerprint density at radius 2 is 1.00 bits per heavy atom. The van der Waals surface area contributed by atoms with Crippen molar-refractivity contribution in [1.29, 1.82) is 0 Å². The number of ether oxygens (including phenoxy) is 2. The predicted molar refractivity (Wildman–Crippen MR) is 357 cm³/mol. The minimum absolute atomic E-state index is 0. The lowest BCUT2D eigenvalue weighted by molar-refractivity contribution is 0.0303. The molecule has 0 spiro atoms. The summed E-state index contributed by atoms with van der Waals surface area (Å²) in [6.07, 6.45) is 7.83. The molecule has 0 saturated carbocycles. The monoisotopic (exact) mass is 1230 g/mol. The Balaban J connectivity index is 0.000000707. The SMILES string of the molecule is COc1ccccc1NC(=O)c1nc(-c2cccc(C(N)=O)c2)cnc1N.CS(=O)(=O)Nc1cccc(-c2cnc(N)c(C(=O)Nc3ccccc3)n2)c1.Nc1ncc(-c2cccc(C(=O)N3CCOCC3)c2)nc1C(=O)Nc1ccc(N2CCCC2)cc1.[HH].[HH].[HH].[HH].[HH].[HH].[HH].[HH]. The Morgan fingerprint density at radius 3 is 1.53 bits per heavy atom. The van der Waals surface area contributed by atoms with Crippen molar-refractivity contribution in [2.75, 3.05) is 95.5 Å². The molecule has 0 atom stereocenters. The molecule has 25 nitrogen and oxygen atoms in total. The summed E-state index contributed by atoms with van der Waals surface area (Å²) in [5.74, 6) is -1.55. The van der Waals surface area contributed by atoms with Gasteiger partial charge in [0, 0.05) is 88.2 Å². The number of nitrogens with two attached hydrogens (primary N) is 4. The normalized spacial score (nSPS) is 12.7. The molecule has 5 heterocycles. The molecule has 0 unspecified atom stereocenters. The largest absolute Gasteiger partial charge is 0.495 e. The fraction of sp³-hybridized carbons (Fsp3) is 0.159. The number of carbonyl (C=O) groups excluding carboxylic acids is 5. The highest BCUT2D eigenvalue weighted by Gasteiger charge is 2.22. The van der Waals surface area contributed by atoms with Crippen LogP contribution in [0.25, 0.3) is 33.8 Å². The first kappa shape index (κ1) is 62.2. The molecular weight excluding hydrogens is 1160 g/mol. The fourth-order valence-corrected chi connectivity index (χ4v) is 9.78. The van der Waals surface area contributed by atoms with E-state index in [1.165, 1.54) is 38.5 Å². The van der Waals surface area contributed by atoms with Crippen molar-refractivity contribution in [1.82, 2.24) is 34.8 Å². The van der Waals surface area contributed by atoms with Crippen molar-refractivity contribution >= 4 is 85.4 Å². The first-order chi connectivity index (χ1) is 42.9. The number of rotatable bonds is 15. The third kappa shape index (κ3) is 16.5. The van der Waals surface area contributed by atoms with Crippen molar-refractivity contribution in [3.63, 3.8) is 0 Å². The van der Waals surface area contributed by atoms with E-state index in [0.717, 1.165) is 25.0 Å². The third-order valence-electron chi connectivity index (χ3n) is 13.6. The number of primary amides is 1. The molecule has 0 radical (unpaired) electrons. The number of methoxy groups -OCH3 is 1. The van der Waals surface area contributed by atoms with Crippen LogP contribution in [0.2, 0.25) is 0 Å².